The minimum atomic E-state index is 0.691. The number of para-hydroxylation sites is 3. The predicted molar refractivity (Wildman–Crippen MR) is 198 cm³/mol. The molecular formula is C43H28N6. The van der Waals surface area contributed by atoms with Crippen molar-refractivity contribution in [1.82, 2.24) is 28.5 Å². The molecule has 0 spiro atoms. The second-order valence-corrected chi connectivity index (χ2v) is 12.2. The van der Waals surface area contributed by atoms with Crippen molar-refractivity contribution in [3.05, 3.63) is 170 Å². The molecule has 6 aromatic carbocycles. The van der Waals surface area contributed by atoms with Gasteiger partial charge in [0.2, 0.25) is 5.78 Å². The molecule has 49 heavy (non-hydrogen) atoms. The zero-order valence-electron chi connectivity index (χ0n) is 26.3. The van der Waals surface area contributed by atoms with Crippen molar-refractivity contribution < 1.29 is 0 Å². The first-order chi connectivity index (χ1) is 24.3. The zero-order valence-corrected chi connectivity index (χ0v) is 26.3. The summed E-state index contributed by atoms with van der Waals surface area (Å²) in [5, 5.41) is 1.17. The number of hydrogen-bond acceptors (Lipinski definition) is 3. The van der Waals surface area contributed by atoms with E-state index in [1.165, 1.54) is 5.39 Å². The summed E-state index contributed by atoms with van der Waals surface area (Å²) in [6, 6.07) is 58.7. The van der Waals surface area contributed by atoms with E-state index in [0.717, 1.165) is 72.9 Å². The summed E-state index contributed by atoms with van der Waals surface area (Å²) in [5.41, 5.74) is 12.1. The van der Waals surface area contributed by atoms with Crippen molar-refractivity contribution in [3.8, 4) is 45.3 Å². The molecule has 0 aliphatic heterocycles. The van der Waals surface area contributed by atoms with Gasteiger partial charge in [-0.2, -0.15) is 0 Å². The van der Waals surface area contributed by atoms with Crippen LogP contribution in [0, 0.1) is 0 Å². The van der Waals surface area contributed by atoms with E-state index in [4.69, 9.17) is 15.0 Å². The molecule has 4 aromatic heterocycles. The normalized spacial score (nSPS) is 11.7. The van der Waals surface area contributed by atoms with Crippen LogP contribution in [0.3, 0.4) is 0 Å². The second kappa shape index (κ2) is 10.9. The van der Waals surface area contributed by atoms with Crippen LogP contribution in [0.2, 0.25) is 0 Å². The maximum absolute atomic E-state index is 5.36. The molecule has 0 aliphatic rings. The largest absolute Gasteiger partial charge is 0.294 e. The third kappa shape index (κ3) is 4.31. The summed E-state index contributed by atoms with van der Waals surface area (Å²) in [7, 11) is 0. The quantitative estimate of drug-likeness (QED) is 0.191. The molecule has 0 saturated heterocycles. The molecule has 4 heterocycles. The Hall–Kier alpha value is -6.79. The molecule has 10 aromatic rings. The van der Waals surface area contributed by atoms with Crippen LogP contribution in [0.25, 0.3) is 84.2 Å². The van der Waals surface area contributed by atoms with Gasteiger partial charge in [0.15, 0.2) is 11.5 Å². The van der Waals surface area contributed by atoms with E-state index in [1.807, 2.05) is 36.4 Å². The first kappa shape index (κ1) is 27.3. The Morgan fingerprint density at radius 3 is 1.67 bits per heavy atom. The van der Waals surface area contributed by atoms with Gasteiger partial charge in [0, 0.05) is 33.5 Å². The third-order valence-electron chi connectivity index (χ3n) is 9.25. The third-order valence-corrected chi connectivity index (χ3v) is 9.25. The van der Waals surface area contributed by atoms with Gasteiger partial charge >= 0.3 is 0 Å². The Bertz CT molecular complexity index is 2740. The summed E-state index contributed by atoms with van der Waals surface area (Å²) in [4.78, 5) is 15.4. The topological polar surface area (TPSA) is 52.9 Å². The number of nitrogens with zero attached hydrogens (tertiary/aromatic N) is 6. The lowest BCUT2D eigenvalue weighted by molar-refractivity contribution is 1.09. The van der Waals surface area contributed by atoms with E-state index in [2.05, 4.69) is 147 Å². The summed E-state index contributed by atoms with van der Waals surface area (Å²) < 4.78 is 6.95. The second-order valence-electron chi connectivity index (χ2n) is 12.2. The smallest absolute Gasteiger partial charge is 0.221 e. The first-order valence-electron chi connectivity index (χ1n) is 16.4. The fourth-order valence-corrected chi connectivity index (χ4v) is 7.05. The van der Waals surface area contributed by atoms with Gasteiger partial charge in [-0.15, -0.1) is 0 Å². The summed E-state index contributed by atoms with van der Waals surface area (Å²) in [6.07, 6.45) is 0. The van der Waals surface area contributed by atoms with E-state index >= 15 is 0 Å². The fourth-order valence-electron chi connectivity index (χ4n) is 7.05. The van der Waals surface area contributed by atoms with Gasteiger partial charge in [-0.05, 0) is 48.5 Å². The maximum Gasteiger partial charge on any atom is 0.221 e. The summed E-state index contributed by atoms with van der Waals surface area (Å²) >= 11 is 0. The highest BCUT2D eigenvalue weighted by atomic mass is 15.3. The van der Waals surface area contributed by atoms with Crippen LogP contribution in [-0.4, -0.2) is 28.5 Å². The Morgan fingerprint density at radius 2 is 0.980 bits per heavy atom. The van der Waals surface area contributed by atoms with Crippen molar-refractivity contribution in [2.45, 2.75) is 0 Å². The molecule has 0 aliphatic carbocycles. The van der Waals surface area contributed by atoms with Gasteiger partial charge in [-0.1, -0.05) is 121 Å². The van der Waals surface area contributed by atoms with Crippen LogP contribution in [0.4, 0.5) is 0 Å². The molecule has 0 unspecified atom stereocenters. The number of hydrogen-bond donors (Lipinski definition) is 0. The van der Waals surface area contributed by atoms with E-state index in [9.17, 15) is 0 Å². The molecule has 0 amide bonds. The number of imidazole rings is 2. The standard InChI is InChI=1S/C43H28N6/c1-5-15-29(16-6-1)35-28-36(45-41(44-35)30-17-7-2-8-18-30)31-25-26-39-37(27-31)46-43-48(33-21-11-4-12-22-33)40-34-23-13-14-24-38(34)47(42(40)49(39)43)32-19-9-3-10-20-32/h1-28H. The van der Waals surface area contributed by atoms with Crippen LogP contribution in [0.5, 0.6) is 0 Å². The lowest BCUT2D eigenvalue weighted by Gasteiger charge is -2.09. The van der Waals surface area contributed by atoms with Crippen LogP contribution < -0.4 is 0 Å². The van der Waals surface area contributed by atoms with Crippen molar-refractivity contribution in [3.63, 3.8) is 0 Å². The minimum Gasteiger partial charge on any atom is -0.294 e. The van der Waals surface area contributed by atoms with Crippen LogP contribution in [0.15, 0.2) is 170 Å². The Balaban J connectivity index is 1.26. The van der Waals surface area contributed by atoms with E-state index in [1.54, 1.807) is 0 Å². The molecule has 0 saturated carbocycles. The molecule has 0 bridgehead atoms. The van der Waals surface area contributed by atoms with Crippen LogP contribution in [-0.2, 0) is 0 Å². The number of aromatic nitrogens is 6. The average molecular weight is 629 g/mol. The highest BCUT2D eigenvalue weighted by Crippen LogP contribution is 2.39. The fraction of sp³-hybridized carbons (Fsp3) is 0. The molecule has 6 heteroatoms. The van der Waals surface area contributed by atoms with E-state index in [-0.39, 0.29) is 0 Å². The lowest BCUT2D eigenvalue weighted by Crippen LogP contribution is -1.97. The summed E-state index contributed by atoms with van der Waals surface area (Å²) in [6.45, 7) is 0. The van der Waals surface area contributed by atoms with Gasteiger partial charge in [0.05, 0.1) is 27.9 Å². The zero-order chi connectivity index (χ0) is 32.3. The number of rotatable bonds is 5. The maximum atomic E-state index is 5.36. The predicted octanol–water partition coefficient (Wildman–Crippen LogP) is 10.2. The molecule has 10 rings (SSSR count). The number of benzene rings is 6. The van der Waals surface area contributed by atoms with Crippen molar-refractivity contribution in [2.75, 3.05) is 0 Å². The molecular weight excluding hydrogens is 601 g/mol. The highest BCUT2D eigenvalue weighted by molar-refractivity contribution is 6.10. The van der Waals surface area contributed by atoms with Gasteiger partial charge < -0.3 is 0 Å². The van der Waals surface area contributed by atoms with Gasteiger partial charge in [-0.25, -0.2) is 15.0 Å². The average Bonchev–Trinajstić information content (AvgIpc) is 3.82. The van der Waals surface area contributed by atoms with Crippen LogP contribution in [0.1, 0.15) is 0 Å². The van der Waals surface area contributed by atoms with Gasteiger partial charge in [0.25, 0.3) is 0 Å². The van der Waals surface area contributed by atoms with E-state index in [0.29, 0.717) is 5.82 Å². The summed E-state index contributed by atoms with van der Waals surface area (Å²) in [5.74, 6) is 1.55. The van der Waals surface area contributed by atoms with Gasteiger partial charge in [-0.3, -0.25) is 13.5 Å². The molecule has 0 N–H and O–H groups in total. The molecule has 0 fully saturated rings. The monoisotopic (exact) mass is 628 g/mol. The van der Waals surface area contributed by atoms with Gasteiger partial charge in [0.1, 0.15) is 5.52 Å². The van der Waals surface area contributed by atoms with Crippen molar-refractivity contribution in [1.29, 1.82) is 0 Å². The van der Waals surface area contributed by atoms with Crippen molar-refractivity contribution in [2.24, 2.45) is 0 Å². The molecule has 230 valence electrons. The van der Waals surface area contributed by atoms with E-state index < -0.39 is 0 Å². The molecule has 0 radical (unpaired) electrons. The minimum absolute atomic E-state index is 0.691. The molecule has 0 atom stereocenters. The van der Waals surface area contributed by atoms with Crippen molar-refractivity contribution >= 4 is 38.9 Å². The first-order valence-corrected chi connectivity index (χ1v) is 16.4. The Kier molecular flexibility index (Phi) is 6.08. The lowest BCUT2D eigenvalue weighted by atomic mass is 10.1. The number of fused-ring (bicyclic) bond motifs is 7. The SMILES string of the molecule is c1ccc(-c2cc(-c3ccc4c(c3)nc3n(-c5ccccc5)c5c6ccccc6n(-c6ccccc6)c5n43)nc(-c3ccccc3)n2)cc1. The highest BCUT2D eigenvalue weighted by Gasteiger charge is 2.25. The van der Waals surface area contributed by atoms with Crippen LogP contribution >= 0.6 is 0 Å². The molecule has 6 nitrogen and oxygen atoms in total. The Morgan fingerprint density at radius 1 is 0.408 bits per heavy atom. The Labute approximate surface area is 281 Å².